The molecule has 78 valence electrons. The fourth-order valence-corrected chi connectivity index (χ4v) is 2.44. The Kier molecular flexibility index (Phi) is 5.45. The van der Waals surface area contributed by atoms with Crippen LogP contribution >= 0.6 is 0 Å². The number of nitrogens with one attached hydrogen (secondary N) is 1. The topological polar surface area (TPSA) is 12.0 Å². The van der Waals surface area contributed by atoms with E-state index in [9.17, 15) is 0 Å². The summed E-state index contributed by atoms with van der Waals surface area (Å²) < 4.78 is 0. The molecule has 1 nitrogen and oxygen atoms in total. The van der Waals surface area contributed by atoms with Crippen LogP contribution in [-0.2, 0) is 0 Å². The van der Waals surface area contributed by atoms with E-state index >= 15 is 0 Å². The summed E-state index contributed by atoms with van der Waals surface area (Å²) in [6, 6.07) is 0.838. The molecule has 1 aliphatic heterocycles. The van der Waals surface area contributed by atoms with E-state index in [2.05, 4.69) is 19.2 Å². The minimum absolute atomic E-state index is 0.838. The molecule has 1 aliphatic rings. The van der Waals surface area contributed by atoms with Gasteiger partial charge in [0.25, 0.3) is 0 Å². The molecule has 0 aliphatic carbocycles. The van der Waals surface area contributed by atoms with E-state index in [1.165, 1.54) is 51.5 Å². The van der Waals surface area contributed by atoms with Gasteiger partial charge in [-0.3, -0.25) is 0 Å². The van der Waals surface area contributed by atoms with Crippen LogP contribution in [0.1, 0.15) is 58.8 Å². The molecule has 2 unspecified atom stereocenters. The van der Waals surface area contributed by atoms with E-state index in [1.54, 1.807) is 0 Å². The lowest BCUT2D eigenvalue weighted by molar-refractivity contribution is 0.270. The Morgan fingerprint density at radius 3 is 2.69 bits per heavy atom. The number of hydrogen-bond acceptors (Lipinski definition) is 1. The first-order chi connectivity index (χ1) is 6.38. The lowest BCUT2D eigenvalue weighted by Gasteiger charge is -2.30. The van der Waals surface area contributed by atoms with E-state index in [0.29, 0.717) is 0 Å². The maximum absolute atomic E-state index is 3.68. The molecule has 0 bridgehead atoms. The van der Waals surface area contributed by atoms with Crippen molar-refractivity contribution < 1.29 is 0 Å². The quantitative estimate of drug-likeness (QED) is 0.689. The monoisotopic (exact) mass is 183 g/mol. The third-order valence-electron chi connectivity index (χ3n) is 3.37. The van der Waals surface area contributed by atoms with Crippen molar-refractivity contribution in [3.63, 3.8) is 0 Å². The van der Waals surface area contributed by atoms with Crippen LogP contribution in [0.2, 0.25) is 0 Å². The van der Waals surface area contributed by atoms with Crippen molar-refractivity contribution in [2.75, 3.05) is 6.54 Å². The fourth-order valence-electron chi connectivity index (χ4n) is 2.44. The van der Waals surface area contributed by atoms with E-state index in [4.69, 9.17) is 0 Å². The van der Waals surface area contributed by atoms with Gasteiger partial charge in [-0.05, 0) is 31.7 Å². The fraction of sp³-hybridized carbons (Fsp3) is 1.00. The maximum Gasteiger partial charge on any atom is 0.00952 e. The Bertz CT molecular complexity index is 116. The van der Waals surface area contributed by atoms with Gasteiger partial charge in [0.15, 0.2) is 0 Å². The molecule has 1 heteroatoms. The highest BCUT2D eigenvalue weighted by atomic mass is 14.9. The van der Waals surface area contributed by atoms with Crippen LogP contribution in [0, 0.1) is 5.92 Å². The van der Waals surface area contributed by atoms with Crippen LogP contribution in [0.3, 0.4) is 0 Å². The summed E-state index contributed by atoms with van der Waals surface area (Å²) in [6.45, 7) is 5.89. The summed E-state index contributed by atoms with van der Waals surface area (Å²) in [4.78, 5) is 0. The molecule has 2 atom stereocenters. The normalized spacial score (nSPS) is 25.8. The Morgan fingerprint density at radius 2 is 2.15 bits per heavy atom. The van der Waals surface area contributed by atoms with Gasteiger partial charge < -0.3 is 5.32 Å². The first-order valence-corrected chi connectivity index (χ1v) is 6.11. The van der Waals surface area contributed by atoms with Gasteiger partial charge in [0.2, 0.25) is 0 Å². The van der Waals surface area contributed by atoms with Gasteiger partial charge in [0.1, 0.15) is 0 Å². The zero-order valence-corrected chi connectivity index (χ0v) is 9.31. The standard InChI is InChI=1S/C12H25N/c1-3-5-8-11(4-2)12-9-6-7-10-13-12/h11-13H,3-10H2,1-2H3. The zero-order valence-electron chi connectivity index (χ0n) is 9.31. The van der Waals surface area contributed by atoms with Crippen molar-refractivity contribution in [3.8, 4) is 0 Å². The molecular weight excluding hydrogens is 158 g/mol. The minimum atomic E-state index is 0.838. The minimum Gasteiger partial charge on any atom is -0.314 e. The predicted octanol–water partition coefficient (Wildman–Crippen LogP) is 3.34. The average molecular weight is 183 g/mol. The summed E-state index contributed by atoms with van der Waals surface area (Å²) in [5.41, 5.74) is 0. The summed E-state index contributed by atoms with van der Waals surface area (Å²) in [7, 11) is 0. The van der Waals surface area contributed by atoms with Crippen molar-refractivity contribution in [2.45, 2.75) is 64.8 Å². The molecule has 0 aromatic carbocycles. The number of piperidine rings is 1. The average Bonchev–Trinajstić information content (AvgIpc) is 2.21. The smallest absolute Gasteiger partial charge is 0.00952 e. The van der Waals surface area contributed by atoms with Gasteiger partial charge in [-0.25, -0.2) is 0 Å². The molecule has 1 heterocycles. The van der Waals surface area contributed by atoms with Crippen LogP contribution in [0.15, 0.2) is 0 Å². The largest absolute Gasteiger partial charge is 0.314 e. The summed E-state index contributed by atoms with van der Waals surface area (Å²) in [5, 5.41) is 3.68. The van der Waals surface area contributed by atoms with Crippen LogP contribution < -0.4 is 5.32 Å². The van der Waals surface area contributed by atoms with Gasteiger partial charge in [0.05, 0.1) is 0 Å². The molecule has 0 saturated carbocycles. The highest BCUT2D eigenvalue weighted by Crippen LogP contribution is 2.22. The second kappa shape index (κ2) is 6.42. The van der Waals surface area contributed by atoms with Gasteiger partial charge >= 0.3 is 0 Å². The third kappa shape index (κ3) is 3.68. The second-order valence-electron chi connectivity index (χ2n) is 4.37. The molecule has 1 fully saturated rings. The number of unbranched alkanes of at least 4 members (excludes halogenated alkanes) is 1. The summed E-state index contributed by atoms with van der Waals surface area (Å²) in [5.74, 6) is 0.945. The molecule has 0 aromatic heterocycles. The highest BCUT2D eigenvalue weighted by Gasteiger charge is 2.20. The Hall–Kier alpha value is -0.0400. The number of hydrogen-bond donors (Lipinski definition) is 1. The van der Waals surface area contributed by atoms with Crippen LogP contribution in [-0.4, -0.2) is 12.6 Å². The van der Waals surface area contributed by atoms with Gasteiger partial charge in [-0.2, -0.15) is 0 Å². The number of rotatable bonds is 5. The second-order valence-corrected chi connectivity index (χ2v) is 4.37. The first-order valence-electron chi connectivity index (χ1n) is 6.11. The van der Waals surface area contributed by atoms with E-state index < -0.39 is 0 Å². The zero-order chi connectivity index (χ0) is 9.52. The highest BCUT2D eigenvalue weighted by molar-refractivity contribution is 4.78. The van der Waals surface area contributed by atoms with Crippen LogP contribution in [0.4, 0.5) is 0 Å². The van der Waals surface area contributed by atoms with Crippen molar-refractivity contribution in [1.82, 2.24) is 5.32 Å². The van der Waals surface area contributed by atoms with Crippen LogP contribution in [0.5, 0.6) is 0 Å². The molecule has 13 heavy (non-hydrogen) atoms. The SMILES string of the molecule is CCCCC(CC)C1CCCCN1. The summed E-state index contributed by atoms with van der Waals surface area (Å²) in [6.07, 6.45) is 9.81. The molecule has 1 rings (SSSR count). The molecular formula is C12H25N. The van der Waals surface area contributed by atoms with Crippen molar-refractivity contribution in [1.29, 1.82) is 0 Å². The van der Waals surface area contributed by atoms with Gasteiger partial charge in [-0.1, -0.05) is 39.5 Å². The van der Waals surface area contributed by atoms with Crippen molar-refractivity contribution >= 4 is 0 Å². The van der Waals surface area contributed by atoms with Gasteiger partial charge in [-0.15, -0.1) is 0 Å². The van der Waals surface area contributed by atoms with Gasteiger partial charge in [0, 0.05) is 6.04 Å². The first kappa shape index (κ1) is 11.0. The molecule has 1 N–H and O–H groups in total. The Morgan fingerprint density at radius 1 is 1.31 bits per heavy atom. The summed E-state index contributed by atoms with van der Waals surface area (Å²) >= 11 is 0. The molecule has 0 spiro atoms. The van der Waals surface area contributed by atoms with Crippen molar-refractivity contribution in [3.05, 3.63) is 0 Å². The molecule has 0 radical (unpaired) electrons. The van der Waals surface area contributed by atoms with E-state index in [0.717, 1.165) is 12.0 Å². The maximum atomic E-state index is 3.68. The Labute approximate surface area is 83.3 Å². The van der Waals surface area contributed by atoms with Crippen molar-refractivity contribution in [2.24, 2.45) is 5.92 Å². The molecule has 0 aromatic rings. The third-order valence-corrected chi connectivity index (χ3v) is 3.37. The molecule has 1 saturated heterocycles. The van der Waals surface area contributed by atoms with E-state index in [1.807, 2.05) is 0 Å². The predicted molar refractivity (Wildman–Crippen MR) is 58.9 cm³/mol. The molecule has 0 amide bonds. The van der Waals surface area contributed by atoms with Crippen LogP contribution in [0.25, 0.3) is 0 Å². The lowest BCUT2D eigenvalue weighted by atomic mass is 9.86. The lowest BCUT2D eigenvalue weighted by Crippen LogP contribution is -2.39. The van der Waals surface area contributed by atoms with E-state index in [-0.39, 0.29) is 0 Å². The Balaban J connectivity index is 2.26.